The lowest BCUT2D eigenvalue weighted by atomic mass is 10.0. The molecule has 1 aromatic rings. The molecule has 0 atom stereocenters. The van der Waals surface area contributed by atoms with Gasteiger partial charge in [-0.2, -0.15) is 0 Å². The highest BCUT2D eigenvalue weighted by Crippen LogP contribution is 2.15. The van der Waals surface area contributed by atoms with Crippen molar-refractivity contribution >= 4 is 5.97 Å². The normalized spacial score (nSPS) is 10.3. The third-order valence-electron chi connectivity index (χ3n) is 2.74. The molecular formula is C16H26O2. The maximum atomic E-state index is 11.7. The largest absolute Gasteiger partial charge is 0.462 e. The van der Waals surface area contributed by atoms with Crippen LogP contribution >= 0.6 is 0 Å². The number of carbonyl (C=O) groups is 1. The standard InChI is InChI=1S/C15H22O2.CH4/c1-11(2)9-10-17-15(16)14-7-5-13(6-8-14)12(3)4;/h5-8,11-12H,9-10H2,1-4H3;1H4. The van der Waals surface area contributed by atoms with E-state index in [4.69, 9.17) is 4.74 Å². The van der Waals surface area contributed by atoms with Crippen LogP contribution in [0.4, 0.5) is 0 Å². The Morgan fingerprint density at radius 2 is 1.67 bits per heavy atom. The summed E-state index contributed by atoms with van der Waals surface area (Å²) >= 11 is 0. The van der Waals surface area contributed by atoms with Gasteiger partial charge in [0.25, 0.3) is 0 Å². The molecule has 2 nitrogen and oxygen atoms in total. The molecule has 0 aromatic heterocycles. The van der Waals surface area contributed by atoms with Gasteiger partial charge in [-0.05, 0) is 36.0 Å². The van der Waals surface area contributed by atoms with E-state index in [1.807, 2.05) is 24.3 Å². The predicted octanol–water partition coefficient (Wildman–Crippen LogP) is 4.65. The van der Waals surface area contributed by atoms with Crippen LogP contribution in [0.1, 0.15) is 63.4 Å². The molecule has 0 saturated heterocycles. The molecule has 0 aliphatic heterocycles. The van der Waals surface area contributed by atoms with Crippen LogP contribution in [0.25, 0.3) is 0 Å². The lowest BCUT2D eigenvalue weighted by molar-refractivity contribution is 0.0488. The molecule has 0 heterocycles. The van der Waals surface area contributed by atoms with E-state index in [1.165, 1.54) is 5.56 Å². The third kappa shape index (κ3) is 5.35. The average molecular weight is 250 g/mol. The van der Waals surface area contributed by atoms with Gasteiger partial charge in [-0.3, -0.25) is 0 Å². The molecule has 0 saturated carbocycles. The number of rotatable bonds is 5. The highest BCUT2D eigenvalue weighted by atomic mass is 16.5. The van der Waals surface area contributed by atoms with Crippen molar-refractivity contribution in [1.29, 1.82) is 0 Å². The van der Waals surface area contributed by atoms with E-state index in [1.54, 1.807) is 0 Å². The third-order valence-corrected chi connectivity index (χ3v) is 2.74. The number of ether oxygens (including phenoxy) is 1. The van der Waals surface area contributed by atoms with Gasteiger partial charge in [0.1, 0.15) is 0 Å². The fourth-order valence-electron chi connectivity index (χ4n) is 1.47. The Morgan fingerprint density at radius 3 is 2.11 bits per heavy atom. The molecule has 2 heteroatoms. The van der Waals surface area contributed by atoms with Crippen molar-refractivity contribution in [3.8, 4) is 0 Å². The van der Waals surface area contributed by atoms with E-state index in [2.05, 4.69) is 27.7 Å². The topological polar surface area (TPSA) is 26.3 Å². The first-order valence-corrected chi connectivity index (χ1v) is 6.27. The van der Waals surface area contributed by atoms with Crippen molar-refractivity contribution in [2.24, 2.45) is 5.92 Å². The number of benzene rings is 1. The SMILES string of the molecule is C.CC(C)CCOC(=O)c1ccc(C(C)C)cc1. The molecule has 0 aliphatic carbocycles. The Hall–Kier alpha value is -1.31. The van der Waals surface area contributed by atoms with Crippen LogP contribution in [-0.2, 0) is 4.74 Å². The first kappa shape index (κ1) is 16.7. The summed E-state index contributed by atoms with van der Waals surface area (Å²) < 4.78 is 5.20. The quantitative estimate of drug-likeness (QED) is 0.711. The summed E-state index contributed by atoms with van der Waals surface area (Å²) in [5.74, 6) is 0.827. The Kier molecular flexibility index (Phi) is 7.33. The maximum Gasteiger partial charge on any atom is 0.338 e. The van der Waals surface area contributed by atoms with Crippen LogP contribution in [0.2, 0.25) is 0 Å². The molecule has 0 aliphatic rings. The fourth-order valence-corrected chi connectivity index (χ4v) is 1.47. The van der Waals surface area contributed by atoms with Gasteiger partial charge < -0.3 is 4.74 Å². The lowest BCUT2D eigenvalue weighted by Gasteiger charge is -2.08. The maximum absolute atomic E-state index is 11.7. The summed E-state index contributed by atoms with van der Waals surface area (Å²) in [5.41, 5.74) is 1.88. The van der Waals surface area contributed by atoms with Crippen molar-refractivity contribution < 1.29 is 9.53 Å². The van der Waals surface area contributed by atoms with Crippen LogP contribution in [0.5, 0.6) is 0 Å². The second kappa shape index (κ2) is 7.91. The number of esters is 1. The Labute approximate surface area is 111 Å². The second-order valence-electron chi connectivity index (χ2n) is 5.10. The van der Waals surface area contributed by atoms with Crippen molar-refractivity contribution in [3.63, 3.8) is 0 Å². The zero-order valence-electron chi connectivity index (χ0n) is 11.2. The Morgan fingerprint density at radius 1 is 1.11 bits per heavy atom. The van der Waals surface area contributed by atoms with E-state index in [0.29, 0.717) is 24.0 Å². The first-order chi connectivity index (χ1) is 8.00. The van der Waals surface area contributed by atoms with Crippen LogP contribution in [0, 0.1) is 5.92 Å². The monoisotopic (exact) mass is 250 g/mol. The van der Waals surface area contributed by atoms with Gasteiger partial charge in [0.2, 0.25) is 0 Å². The van der Waals surface area contributed by atoms with Crippen LogP contribution in [0.3, 0.4) is 0 Å². The second-order valence-corrected chi connectivity index (χ2v) is 5.10. The molecule has 0 radical (unpaired) electrons. The van der Waals surface area contributed by atoms with Gasteiger partial charge in [0.15, 0.2) is 0 Å². The van der Waals surface area contributed by atoms with E-state index in [-0.39, 0.29) is 13.4 Å². The smallest absolute Gasteiger partial charge is 0.338 e. The van der Waals surface area contributed by atoms with Crippen LogP contribution in [0.15, 0.2) is 24.3 Å². The molecule has 0 amide bonds. The van der Waals surface area contributed by atoms with Crippen LogP contribution in [-0.4, -0.2) is 12.6 Å². The summed E-state index contributed by atoms with van der Waals surface area (Å²) in [6.45, 7) is 9.00. The fraction of sp³-hybridized carbons (Fsp3) is 0.562. The van der Waals surface area contributed by atoms with Crippen molar-refractivity contribution in [2.45, 2.75) is 47.5 Å². The number of carbonyl (C=O) groups excluding carboxylic acids is 1. The molecule has 1 aromatic carbocycles. The zero-order valence-corrected chi connectivity index (χ0v) is 11.2. The van der Waals surface area contributed by atoms with Crippen molar-refractivity contribution in [1.82, 2.24) is 0 Å². The average Bonchev–Trinajstić information content (AvgIpc) is 2.28. The van der Waals surface area contributed by atoms with Gasteiger partial charge >= 0.3 is 5.97 Å². The molecule has 0 N–H and O–H groups in total. The predicted molar refractivity (Wildman–Crippen MR) is 77.0 cm³/mol. The number of hydrogen-bond donors (Lipinski definition) is 0. The van der Waals surface area contributed by atoms with Crippen molar-refractivity contribution in [3.05, 3.63) is 35.4 Å². The van der Waals surface area contributed by atoms with E-state index in [0.717, 1.165) is 6.42 Å². The Bertz CT molecular complexity index is 350. The molecule has 0 unspecified atom stereocenters. The summed E-state index contributed by atoms with van der Waals surface area (Å²) in [6, 6.07) is 7.66. The number of hydrogen-bond acceptors (Lipinski definition) is 2. The zero-order chi connectivity index (χ0) is 12.8. The molecule has 102 valence electrons. The summed E-state index contributed by atoms with van der Waals surface area (Å²) in [7, 11) is 0. The molecule has 0 fully saturated rings. The van der Waals surface area contributed by atoms with Gasteiger partial charge in [-0.25, -0.2) is 4.79 Å². The summed E-state index contributed by atoms with van der Waals surface area (Å²) in [4.78, 5) is 11.7. The minimum absolute atomic E-state index is 0. The molecule has 1 rings (SSSR count). The summed E-state index contributed by atoms with van der Waals surface area (Å²) in [5, 5.41) is 0. The lowest BCUT2D eigenvalue weighted by Crippen LogP contribution is -2.08. The minimum Gasteiger partial charge on any atom is -0.462 e. The first-order valence-electron chi connectivity index (χ1n) is 6.27. The van der Waals surface area contributed by atoms with Gasteiger partial charge in [-0.1, -0.05) is 47.3 Å². The van der Waals surface area contributed by atoms with Crippen molar-refractivity contribution in [2.75, 3.05) is 6.61 Å². The highest BCUT2D eigenvalue weighted by molar-refractivity contribution is 5.89. The Balaban J connectivity index is 0.00000289. The molecule has 0 bridgehead atoms. The molecule has 18 heavy (non-hydrogen) atoms. The van der Waals surface area contributed by atoms with Gasteiger partial charge in [-0.15, -0.1) is 0 Å². The van der Waals surface area contributed by atoms with E-state index in [9.17, 15) is 4.79 Å². The van der Waals surface area contributed by atoms with Gasteiger partial charge in [0, 0.05) is 0 Å². The highest BCUT2D eigenvalue weighted by Gasteiger charge is 2.08. The minimum atomic E-state index is -0.221. The molecule has 0 spiro atoms. The summed E-state index contributed by atoms with van der Waals surface area (Å²) in [6.07, 6.45) is 0.913. The van der Waals surface area contributed by atoms with Crippen LogP contribution < -0.4 is 0 Å². The van der Waals surface area contributed by atoms with E-state index >= 15 is 0 Å². The molecular weight excluding hydrogens is 224 g/mol. The van der Waals surface area contributed by atoms with Gasteiger partial charge in [0.05, 0.1) is 12.2 Å². The van der Waals surface area contributed by atoms with E-state index < -0.39 is 0 Å².